The van der Waals surface area contributed by atoms with Crippen molar-refractivity contribution in [3.8, 4) is 0 Å². The lowest BCUT2D eigenvalue weighted by molar-refractivity contribution is -0.148. The Morgan fingerprint density at radius 3 is 2.12 bits per heavy atom. The molecule has 0 fully saturated rings. The lowest BCUT2D eigenvalue weighted by Crippen LogP contribution is -2.61. The molecule has 0 saturated carbocycles. The van der Waals surface area contributed by atoms with Crippen LogP contribution in [0.2, 0.25) is 6.55 Å². The van der Waals surface area contributed by atoms with Crippen LogP contribution in [0, 0.1) is 6.92 Å². The first-order valence-electron chi connectivity index (χ1n) is 5.81. The van der Waals surface area contributed by atoms with Gasteiger partial charge in [-0.2, -0.15) is 0 Å². The molecule has 0 aromatic rings. The highest BCUT2D eigenvalue weighted by Gasteiger charge is 2.53. The van der Waals surface area contributed by atoms with Crippen LogP contribution in [0.1, 0.15) is 27.2 Å². The summed E-state index contributed by atoms with van der Waals surface area (Å²) in [7, 11) is -2.64. The van der Waals surface area contributed by atoms with Gasteiger partial charge in [0.1, 0.15) is 0 Å². The van der Waals surface area contributed by atoms with Crippen molar-refractivity contribution in [3.63, 3.8) is 0 Å². The molecule has 99 valence electrons. The number of hydrogen-bond acceptors (Lipinski definition) is 4. The van der Waals surface area contributed by atoms with Crippen molar-refractivity contribution >= 4 is 14.5 Å². The van der Waals surface area contributed by atoms with E-state index >= 15 is 0 Å². The van der Waals surface area contributed by atoms with Gasteiger partial charge in [0.15, 0.2) is 5.22 Å². The van der Waals surface area contributed by atoms with Gasteiger partial charge >= 0.3 is 14.5 Å². The standard InChI is InChI=1S/C12H23O4Si/c1-7-11(13)16-12(5,8-2)17(6,14-9-3)15-10-4/h7H,1-2,8-10H2,3-6H3. The summed E-state index contributed by atoms with van der Waals surface area (Å²) in [6, 6.07) is 0. The number of hydrogen-bond donors (Lipinski definition) is 0. The van der Waals surface area contributed by atoms with E-state index in [1.54, 1.807) is 6.92 Å². The molecule has 0 aromatic carbocycles. The van der Waals surface area contributed by atoms with Crippen molar-refractivity contribution in [1.82, 2.24) is 0 Å². The minimum Gasteiger partial charge on any atom is -0.454 e. The average Bonchev–Trinajstić information content (AvgIpc) is 2.29. The van der Waals surface area contributed by atoms with Gasteiger partial charge in [-0.3, -0.25) is 0 Å². The van der Waals surface area contributed by atoms with Crippen molar-refractivity contribution in [2.24, 2.45) is 0 Å². The molecule has 0 aliphatic carbocycles. The maximum atomic E-state index is 11.4. The number of carbonyl (C=O) groups excluding carboxylic acids is 1. The highest BCUT2D eigenvalue weighted by atomic mass is 28.4. The first-order valence-corrected chi connectivity index (χ1v) is 8.13. The second-order valence-corrected chi connectivity index (χ2v) is 7.44. The smallest absolute Gasteiger partial charge is 0.380 e. The fourth-order valence-corrected chi connectivity index (χ4v) is 4.07. The molecule has 0 amide bonds. The maximum absolute atomic E-state index is 11.4. The SMILES string of the molecule is [CH2]CC(C)(OC(=O)C=C)[Si](C)(OCC)OCC. The van der Waals surface area contributed by atoms with Gasteiger partial charge in [0.2, 0.25) is 0 Å². The van der Waals surface area contributed by atoms with Crippen molar-refractivity contribution in [2.75, 3.05) is 13.2 Å². The Balaban J connectivity index is 5.10. The van der Waals surface area contributed by atoms with Crippen LogP contribution in [0.4, 0.5) is 0 Å². The van der Waals surface area contributed by atoms with Crippen molar-refractivity contribution in [2.45, 2.75) is 39.0 Å². The third-order valence-electron chi connectivity index (χ3n) is 2.77. The molecule has 1 radical (unpaired) electrons. The molecule has 0 heterocycles. The van der Waals surface area contributed by atoms with Crippen LogP contribution in [0.3, 0.4) is 0 Å². The zero-order valence-electron chi connectivity index (χ0n) is 11.2. The Bertz CT molecular complexity index is 261. The van der Waals surface area contributed by atoms with Crippen molar-refractivity contribution in [3.05, 3.63) is 19.6 Å². The van der Waals surface area contributed by atoms with E-state index in [4.69, 9.17) is 13.6 Å². The number of ether oxygens (including phenoxy) is 1. The normalized spacial score (nSPS) is 15.1. The highest BCUT2D eigenvalue weighted by molar-refractivity contribution is 6.69. The summed E-state index contributed by atoms with van der Waals surface area (Å²) in [4.78, 5) is 11.4. The first kappa shape index (κ1) is 16.3. The van der Waals surface area contributed by atoms with Crippen LogP contribution in [-0.4, -0.2) is 33.0 Å². The fraction of sp³-hybridized carbons (Fsp3) is 0.667. The van der Waals surface area contributed by atoms with Crippen LogP contribution in [0.5, 0.6) is 0 Å². The molecule has 0 aromatic heterocycles. The van der Waals surface area contributed by atoms with E-state index in [9.17, 15) is 4.79 Å². The molecule has 17 heavy (non-hydrogen) atoms. The van der Waals surface area contributed by atoms with Crippen LogP contribution >= 0.6 is 0 Å². The molecule has 0 saturated heterocycles. The molecule has 0 bridgehead atoms. The van der Waals surface area contributed by atoms with Gasteiger partial charge in [0.25, 0.3) is 0 Å². The minimum absolute atomic E-state index is 0.398. The third kappa shape index (κ3) is 3.94. The van der Waals surface area contributed by atoms with Gasteiger partial charge in [-0.1, -0.05) is 6.58 Å². The number of esters is 1. The maximum Gasteiger partial charge on any atom is 0.380 e. The van der Waals surface area contributed by atoms with Gasteiger partial charge in [0.05, 0.1) is 0 Å². The molecule has 0 aliphatic heterocycles. The number of rotatable bonds is 8. The second kappa shape index (κ2) is 6.93. The minimum atomic E-state index is -2.64. The second-order valence-electron chi connectivity index (χ2n) is 3.92. The van der Waals surface area contributed by atoms with Crippen LogP contribution in [0.25, 0.3) is 0 Å². The quantitative estimate of drug-likeness (QED) is 0.381. The van der Waals surface area contributed by atoms with Gasteiger partial charge in [-0.25, -0.2) is 4.79 Å². The molecule has 5 heteroatoms. The Kier molecular flexibility index (Phi) is 6.67. The largest absolute Gasteiger partial charge is 0.454 e. The van der Waals surface area contributed by atoms with Gasteiger partial charge in [0, 0.05) is 19.3 Å². The van der Waals surface area contributed by atoms with E-state index in [0.29, 0.717) is 19.6 Å². The molecule has 0 N–H and O–H groups in total. The Morgan fingerprint density at radius 2 is 1.82 bits per heavy atom. The number of carbonyl (C=O) groups is 1. The first-order chi connectivity index (χ1) is 7.89. The summed E-state index contributed by atoms with van der Waals surface area (Å²) < 4.78 is 16.9. The predicted octanol–water partition coefficient (Wildman–Crippen LogP) is 2.38. The van der Waals surface area contributed by atoms with Gasteiger partial charge in [-0.15, -0.1) is 0 Å². The van der Waals surface area contributed by atoms with E-state index in [2.05, 4.69) is 13.5 Å². The highest BCUT2D eigenvalue weighted by Crippen LogP contribution is 2.30. The summed E-state index contributed by atoms with van der Waals surface area (Å²) in [6.45, 7) is 15.7. The summed E-state index contributed by atoms with van der Waals surface area (Å²) in [5, 5.41) is -0.815. The summed E-state index contributed by atoms with van der Waals surface area (Å²) in [6.07, 6.45) is 1.54. The lowest BCUT2D eigenvalue weighted by Gasteiger charge is -2.41. The van der Waals surface area contributed by atoms with Crippen molar-refractivity contribution < 1.29 is 18.4 Å². The zero-order chi connectivity index (χ0) is 13.5. The molecular formula is C12H23O4Si. The van der Waals surface area contributed by atoms with Crippen molar-refractivity contribution in [1.29, 1.82) is 0 Å². The van der Waals surface area contributed by atoms with E-state index in [1.807, 2.05) is 20.4 Å². The van der Waals surface area contributed by atoms with Gasteiger partial charge < -0.3 is 13.6 Å². The van der Waals surface area contributed by atoms with E-state index in [0.717, 1.165) is 6.08 Å². The summed E-state index contributed by atoms with van der Waals surface area (Å²) >= 11 is 0. The summed E-state index contributed by atoms with van der Waals surface area (Å²) in [5.74, 6) is -0.478. The third-order valence-corrected chi connectivity index (χ3v) is 6.72. The summed E-state index contributed by atoms with van der Waals surface area (Å²) in [5.41, 5.74) is 0. The Morgan fingerprint density at radius 1 is 1.35 bits per heavy atom. The monoisotopic (exact) mass is 259 g/mol. The van der Waals surface area contributed by atoms with Crippen LogP contribution in [0.15, 0.2) is 12.7 Å². The van der Waals surface area contributed by atoms with Crippen LogP contribution < -0.4 is 0 Å². The average molecular weight is 259 g/mol. The van der Waals surface area contributed by atoms with Gasteiger partial charge in [-0.05, 0) is 40.7 Å². The Labute approximate surface area is 105 Å². The van der Waals surface area contributed by atoms with E-state index in [-0.39, 0.29) is 0 Å². The molecular weight excluding hydrogens is 236 g/mol. The lowest BCUT2D eigenvalue weighted by atomic mass is 10.3. The molecule has 0 aliphatic rings. The molecule has 1 atom stereocenters. The topological polar surface area (TPSA) is 44.8 Å². The molecule has 0 rings (SSSR count). The van der Waals surface area contributed by atoms with E-state index < -0.39 is 19.8 Å². The Hall–Kier alpha value is -0.653. The van der Waals surface area contributed by atoms with Crippen LogP contribution in [-0.2, 0) is 18.4 Å². The zero-order valence-corrected chi connectivity index (χ0v) is 12.2. The molecule has 1 unspecified atom stereocenters. The fourth-order valence-electron chi connectivity index (χ4n) is 1.53. The molecule has 4 nitrogen and oxygen atoms in total. The van der Waals surface area contributed by atoms with E-state index in [1.165, 1.54) is 0 Å². The predicted molar refractivity (Wildman–Crippen MR) is 69.5 cm³/mol. The molecule has 0 spiro atoms.